The summed E-state index contributed by atoms with van der Waals surface area (Å²) in [5.41, 5.74) is 0. The van der Waals surface area contributed by atoms with Crippen molar-refractivity contribution in [2.75, 3.05) is 6.79 Å². The Hall–Kier alpha value is -0.660. The largest absolute Gasteiger partial charge is 1.00 e. The van der Waals surface area contributed by atoms with Gasteiger partial charge in [0.15, 0.2) is 0 Å². The summed E-state index contributed by atoms with van der Waals surface area (Å²) in [7, 11) is 0. The van der Waals surface area contributed by atoms with Crippen molar-refractivity contribution in [2.24, 2.45) is 0 Å². The molecule has 1 saturated heterocycles. The lowest BCUT2D eigenvalue weighted by Crippen LogP contribution is -2.28. The first-order valence-corrected chi connectivity index (χ1v) is 6.67. The fourth-order valence-corrected chi connectivity index (χ4v) is 1.52. The standard InChI is InChI=1S/C7H13O2.C6H14O2.CH2O.4CH4.H2O/c1-3-7-4-6(2)8-5-9-7;1-3-6(8)4-5(2)7;1-2;;;;;/h6-7H,1,3-5H2,2H3;5-8H,3-4H2,1-2H3;1H2;4*1H4;1H2/q+1;;;;;;;/p+1/t6-,7?;5-,6?;;;;;;/m11....../s1. The highest BCUT2D eigenvalue weighted by atomic mass is 16.7. The topological polar surface area (TPSA) is 107 Å². The Morgan fingerprint density at radius 3 is 1.88 bits per heavy atom. The molecular formula is C18H48O6+2. The number of carbonyl (C=O) groups is 1. The number of rotatable bonds is 4. The van der Waals surface area contributed by atoms with E-state index in [0.717, 1.165) is 19.3 Å². The first-order valence-electron chi connectivity index (χ1n) is 6.67. The SMILES string of the molecule is C.C.C.C.C=O.CCC(O)C[C@@H](C)O.O.[CH2+]CC1C[C@@H](C)OCO1.[H+]. The fourth-order valence-electron chi connectivity index (χ4n) is 1.52. The molecule has 24 heavy (non-hydrogen) atoms. The third-order valence-corrected chi connectivity index (χ3v) is 2.66. The van der Waals surface area contributed by atoms with Gasteiger partial charge < -0.3 is 30.0 Å². The zero-order valence-electron chi connectivity index (χ0n) is 13.9. The van der Waals surface area contributed by atoms with Crippen molar-refractivity contribution in [3.8, 4) is 0 Å². The molecule has 0 aromatic heterocycles. The van der Waals surface area contributed by atoms with Crippen LogP contribution >= 0.6 is 0 Å². The van der Waals surface area contributed by atoms with Crippen molar-refractivity contribution in [1.29, 1.82) is 0 Å². The predicted octanol–water partition coefficient (Wildman–Crippen LogP) is 3.54. The summed E-state index contributed by atoms with van der Waals surface area (Å²) >= 11 is 0. The molecule has 6 nitrogen and oxygen atoms in total. The van der Waals surface area contributed by atoms with Crippen molar-refractivity contribution in [1.82, 2.24) is 0 Å². The summed E-state index contributed by atoms with van der Waals surface area (Å²) in [6.07, 6.45) is 3.05. The molecule has 0 aromatic carbocycles. The molecule has 154 valence electrons. The lowest BCUT2D eigenvalue weighted by Gasteiger charge is -2.24. The van der Waals surface area contributed by atoms with Gasteiger partial charge in [-0.1, -0.05) is 36.6 Å². The minimum Gasteiger partial charge on any atom is -0.412 e. The van der Waals surface area contributed by atoms with Crippen LogP contribution in [0.25, 0.3) is 0 Å². The minimum absolute atomic E-state index is 0. The summed E-state index contributed by atoms with van der Waals surface area (Å²) < 4.78 is 10.4. The third-order valence-electron chi connectivity index (χ3n) is 2.66. The van der Waals surface area contributed by atoms with Gasteiger partial charge in [-0.25, -0.2) is 0 Å². The van der Waals surface area contributed by atoms with Crippen LogP contribution in [0.1, 0.15) is 77.6 Å². The van der Waals surface area contributed by atoms with Crippen molar-refractivity contribution in [2.45, 2.75) is 101 Å². The van der Waals surface area contributed by atoms with Crippen molar-refractivity contribution in [3.63, 3.8) is 0 Å². The molecule has 0 radical (unpaired) electrons. The van der Waals surface area contributed by atoms with E-state index in [4.69, 9.17) is 24.5 Å². The molecule has 0 amide bonds. The van der Waals surface area contributed by atoms with Gasteiger partial charge in [0.2, 0.25) is 0 Å². The maximum absolute atomic E-state index is 8.87. The smallest absolute Gasteiger partial charge is 0.412 e. The molecule has 0 aromatic rings. The minimum atomic E-state index is -0.370. The van der Waals surface area contributed by atoms with Crippen molar-refractivity contribution in [3.05, 3.63) is 6.92 Å². The lowest BCUT2D eigenvalue weighted by molar-refractivity contribution is -0.168. The van der Waals surface area contributed by atoms with E-state index in [2.05, 4.69) is 13.8 Å². The number of hydrogen-bond donors (Lipinski definition) is 2. The molecule has 0 spiro atoms. The quantitative estimate of drug-likeness (QED) is 0.746. The zero-order valence-corrected chi connectivity index (χ0v) is 12.9. The molecule has 0 saturated carbocycles. The van der Waals surface area contributed by atoms with E-state index in [1.165, 1.54) is 0 Å². The number of aliphatic hydroxyl groups is 2. The molecule has 2 unspecified atom stereocenters. The first-order chi connectivity index (χ1) is 8.99. The summed E-state index contributed by atoms with van der Waals surface area (Å²) in [4.78, 5) is 8.00. The molecule has 0 bridgehead atoms. The van der Waals surface area contributed by atoms with Gasteiger partial charge in [0.25, 0.3) is 0 Å². The third kappa shape index (κ3) is 29.4. The van der Waals surface area contributed by atoms with Crippen LogP contribution in [0.15, 0.2) is 0 Å². The van der Waals surface area contributed by atoms with Crippen molar-refractivity contribution >= 4 is 6.79 Å². The molecule has 4 atom stereocenters. The summed E-state index contributed by atoms with van der Waals surface area (Å²) in [5, 5.41) is 17.6. The number of ether oxygens (including phenoxy) is 2. The Bertz CT molecular complexity index is 196. The van der Waals surface area contributed by atoms with Crippen molar-refractivity contribution < 1.29 is 31.4 Å². The summed E-state index contributed by atoms with van der Waals surface area (Å²) in [5.74, 6) is 0. The van der Waals surface area contributed by atoms with Gasteiger partial charge in [-0.2, -0.15) is 0 Å². The first kappa shape index (κ1) is 43.6. The van der Waals surface area contributed by atoms with E-state index in [-0.39, 0.29) is 48.8 Å². The van der Waals surface area contributed by atoms with Crippen LogP contribution in [-0.2, 0) is 14.3 Å². The van der Waals surface area contributed by atoms with Gasteiger partial charge in [-0.15, -0.1) is 0 Å². The Morgan fingerprint density at radius 2 is 1.67 bits per heavy atom. The second-order valence-electron chi connectivity index (χ2n) is 4.55. The molecular weight excluding hydrogens is 312 g/mol. The summed E-state index contributed by atoms with van der Waals surface area (Å²) in [6.45, 7) is 11.8. The number of carbonyl (C=O) groups excluding carboxylic acids is 1. The van der Waals surface area contributed by atoms with E-state index in [1.807, 2.05) is 13.7 Å². The number of hydrogen-bond acceptors (Lipinski definition) is 5. The Labute approximate surface area is 153 Å². The Kier molecular flexibility index (Phi) is 55.0. The van der Waals surface area contributed by atoms with E-state index in [0.29, 0.717) is 25.4 Å². The van der Waals surface area contributed by atoms with Crippen LogP contribution in [0.5, 0.6) is 0 Å². The second kappa shape index (κ2) is 30.2. The maximum Gasteiger partial charge on any atom is 1.00 e. The summed E-state index contributed by atoms with van der Waals surface area (Å²) in [6, 6.07) is 0. The lowest BCUT2D eigenvalue weighted by atomic mass is 10.1. The maximum atomic E-state index is 8.87. The van der Waals surface area contributed by atoms with Crippen LogP contribution in [-0.4, -0.2) is 53.7 Å². The molecule has 1 aliphatic rings. The highest BCUT2D eigenvalue weighted by molar-refractivity contribution is 5.10. The molecule has 6 heteroatoms. The molecule has 1 rings (SSSR count). The van der Waals surface area contributed by atoms with E-state index < -0.39 is 0 Å². The average molecular weight is 361 g/mol. The Morgan fingerprint density at radius 1 is 1.21 bits per heavy atom. The van der Waals surface area contributed by atoms with E-state index in [9.17, 15) is 0 Å². The monoisotopic (exact) mass is 360 g/mol. The molecule has 1 fully saturated rings. The highest BCUT2D eigenvalue weighted by Gasteiger charge is 2.19. The van der Waals surface area contributed by atoms with E-state index >= 15 is 0 Å². The zero-order chi connectivity index (χ0) is 15.3. The van der Waals surface area contributed by atoms with E-state index in [1.54, 1.807) is 6.92 Å². The van der Waals surface area contributed by atoms with Gasteiger partial charge in [0.05, 0.1) is 25.2 Å². The molecule has 1 heterocycles. The highest BCUT2D eigenvalue weighted by Crippen LogP contribution is 2.14. The Balaban J connectivity index is -0.0000000288. The second-order valence-corrected chi connectivity index (χ2v) is 4.55. The van der Waals surface area contributed by atoms with Gasteiger partial charge >= 0.3 is 1.43 Å². The van der Waals surface area contributed by atoms with Crippen LogP contribution in [0.3, 0.4) is 0 Å². The van der Waals surface area contributed by atoms with Crippen LogP contribution in [0.2, 0.25) is 0 Å². The molecule has 4 N–H and O–H groups in total. The molecule has 0 aliphatic carbocycles. The van der Waals surface area contributed by atoms with Crippen LogP contribution < -0.4 is 0 Å². The number of aliphatic hydroxyl groups excluding tert-OH is 2. The fraction of sp³-hybridized carbons (Fsp3) is 0.889. The van der Waals surface area contributed by atoms with Crippen LogP contribution in [0, 0.1) is 6.92 Å². The average Bonchev–Trinajstić information content (AvgIpc) is 2.41. The van der Waals surface area contributed by atoms with Gasteiger partial charge in [0.1, 0.15) is 26.1 Å². The molecule has 1 aliphatic heterocycles. The van der Waals surface area contributed by atoms with Gasteiger partial charge in [0, 0.05) is 6.42 Å². The van der Waals surface area contributed by atoms with Gasteiger partial charge in [-0.05, 0) is 26.7 Å². The predicted molar refractivity (Wildman–Crippen MR) is 106 cm³/mol. The normalized spacial score (nSPS) is 19.9. The van der Waals surface area contributed by atoms with Gasteiger partial charge in [-0.3, -0.25) is 0 Å². The van der Waals surface area contributed by atoms with Crippen LogP contribution in [0.4, 0.5) is 0 Å².